The molecule has 1 aliphatic carbocycles. The Labute approximate surface area is 180 Å². The molecule has 30 heavy (non-hydrogen) atoms. The van der Waals surface area contributed by atoms with Crippen LogP contribution in [0.1, 0.15) is 48.2 Å². The molecule has 1 N–H and O–H groups in total. The van der Waals surface area contributed by atoms with Gasteiger partial charge >= 0.3 is 6.18 Å². The van der Waals surface area contributed by atoms with Crippen LogP contribution in [0.5, 0.6) is 0 Å². The van der Waals surface area contributed by atoms with E-state index in [9.17, 15) is 13.2 Å². The van der Waals surface area contributed by atoms with Gasteiger partial charge in [-0.1, -0.05) is 35.0 Å². The zero-order chi connectivity index (χ0) is 21.6. The first-order chi connectivity index (χ1) is 14.2. The molecule has 0 saturated carbocycles. The number of benzene rings is 1. The molecule has 1 aromatic carbocycles. The van der Waals surface area contributed by atoms with E-state index in [0.717, 1.165) is 23.1 Å². The van der Waals surface area contributed by atoms with Crippen LogP contribution in [0.25, 0.3) is 11.7 Å². The molecule has 0 bridgehead atoms. The van der Waals surface area contributed by atoms with E-state index in [1.54, 1.807) is 25.7 Å². The molecule has 0 fully saturated rings. The Bertz CT molecular complexity index is 1130. The molecular weight excluding hydrogens is 461 g/mol. The highest BCUT2D eigenvalue weighted by molar-refractivity contribution is 9.09. The summed E-state index contributed by atoms with van der Waals surface area (Å²) in [6.45, 7) is 3.87. The minimum Gasteiger partial charge on any atom is -0.500 e. The number of ether oxygens (including phenoxy) is 1. The van der Waals surface area contributed by atoms with Crippen molar-refractivity contribution in [3.05, 3.63) is 64.9 Å². The highest BCUT2D eigenvalue weighted by Gasteiger charge is 2.33. The van der Waals surface area contributed by atoms with Gasteiger partial charge in [-0.25, -0.2) is 9.97 Å². The van der Waals surface area contributed by atoms with Gasteiger partial charge in [0.05, 0.1) is 29.4 Å². The van der Waals surface area contributed by atoms with Gasteiger partial charge in [-0.2, -0.15) is 13.2 Å². The molecule has 2 heterocycles. The molecule has 2 aromatic heterocycles. The van der Waals surface area contributed by atoms with E-state index in [2.05, 4.69) is 33.2 Å². The maximum Gasteiger partial charge on any atom is 0.416 e. The molecular formula is C21H20BrF3N4O. The maximum atomic E-state index is 13.1. The lowest BCUT2D eigenvalue weighted by Gasteiger charge is -2.30. The standard InChI is InChI=1S/C21H20BrF3N4O/c1-11-18-15(8-16(30-3)19(11)22)29-10-26-9-17(29)28-20(18)27-12(2)13-5-4-6-14(7-13)21(23,24)25/h4-12,19H,1-3H3,(H,27,28)/t11?,12-,19?/m1/s1. The van der Waals surface area contributed by atoms with Crippen LogP contribution in [-0.4, -0.2) is 26.3 Å². The predicted octanol–water partition coefficient (Wildman–Crippen LogP) is 5.79. The lowest BCUT2D eigenvalue weighted by Crippen LogP contribution is -2.23. The third-order valence-corrected chi connectivity index (χ3v) is 6.63. The van der Waals surface area contributed by atoms with Crippen molar-refractivity contribution in [2.24, 2.45) is 0 Å². The van der Waals surface area contributed by atoms with Gasteiger partial charge in [0.1, 0.15) is 17.9 Å². The number of halogens is 4. The summed E-state index contributed by atoms with van der Waals surface area (Å²) < 4.78 is 46.8. The molecule has 158 valence electrons. The zero-order valence-corrected chi connectivity index (χ0v) is 18.1. The number of alkyl halides is 4. The monoisotopic (exact) mass is 480 g/mol. The van der Waals surface area contributed by atoms with Crippen LogP contribution in [-0.2, 0) is 10.9 Å². The van der Waals surface area contributed by atoms with E-state index in [0.29, 0.717) is 17.0 Å². The lowest BCUT2D eigenvalue weighted by atomic mass is 9.90. The zero-order valence-electron chi connectivity index (χ0n) is 16.5. The van der Waals surface area contributed by atoms with Crippen molar-refractivity contribution in [2.75, 3.05) is 12.4 Å². The van der Waals surface area contributed by atoms with E-state index in [1.807, 2.05) is 17.4 Å². The third kappa shape index (κ3) is 3.55. The van der Waals surface area contributed by atoms with Crippen molar-refractivity contribution in [3.63, 3.8) is 0 Å². The Morgan fingerprint density at radius 2 is 2.07 bits per heavy atom. The van der Waals surface area contributed by atoms with Gasteiger partial charge in [-0.3, -0.25) is 4.40 Å². The second-order valence-electron chi connectivity index (χ2n) is 7.31. The molecule has 0 aliphatic heterocycles. The number of hydrogen-bond acceptors (Lipinski definition) is 4. The van der Waals surface area contributed by atoms with Crippen LogP contribution in [0.2, 0.25) is 0 Å². The van der Waals surface area contributed by atoms with Gasteiger partial charge in [0.15, 0.2) is 5.65 Å². The summed E-state index contributed by atoms with van der Waals surface area (Å²) in [5.41, 5.74) is 2.33. The van der Waals surface area contributed by atoms with E-state index in [-0.39, 0.29) is 16.8 Å². The largest absolute Gasteiger partial charge is 0.500 e. The topological polar surface area (TPSA) is 51.5 Å². The molecule has 1 aliphatic rings. The molecule has 5 nitrogen and oxygen atoms in total. The Balaban J connectivity index is 1.79. The summed E-state index contributed by atoms with van der Waals surface area (Å²) in [4.78, 5) is 8.83. The first-order valence-electron chi connectivity index (χ1n) is 9.40. The second-order valence-corrected chi connectivity index (χ2v) is 8.30. The summed E-state index contributed by atoms with van der Waals surface area (Å²) in [5.74, 6) is 1.41. The number of hydrogen-bond donors (Lipinski definition) is 1. The second kappa shape index (κ2) is 7.61. The van der Waals surface area contributed by atoms with Crippen LogP contribution in [0, 0.1) is 0 Å². The molecule has 4 rings (SSSR count). The van der Waals surface area contributed by atoms with Gasteiger partial charge < -0.3 is 10.1 Å². The Morgan fingerprint density at radius 1 is 1.30 bits per heavy atom. The van der Waals surface area contributed by atoms with Crippen LogP contribution in [0.15, 0.2) is 42.5 Å². The molecule has 0 spiro atoms. The van der Waals surface area contributed by atoms with Gasteiger partial charge in [0.25, 0.3) is 0 Å². The van der Waals surface area contributed by atoms with Crippen molar-refractivity contribution in [2.45, 2.75) is 36.8 Å². The van der Waals surface area contributed by atoms with Crippen molar-refractivity contribution < 1.29 is 17.9 Å². The Kier molecular flexibility index (Phi) is 5.25. The smallest absolute Gasteiger partial charge is 0.416 e. The maximum absolute atomic E-state index is 13.1. The molecule has 3 atom stereocenters. The normalized spacial score (nSPS) is 19.9. The van der Waals surface area contributed by atoms with Crippen molar-refractivity contribution in [3.8, 4) is 0 Å². The first kappa shape index (κ1) is 20.7. The van der Waals surface area contributed by atoms with Gasteiger partial charge in [0.2, 0.25) is 0 Å². The number of anilines is 1. The molecule has 9 heteroatoms. The van der Waals surface area contributed by atoms with E-state index in [4.69, 9.17) is 9.72 Å². The van der Waals surface area contributed by atoms with Crippen LogP contribution in [0.3, 0.4) is 0 Å². The fourth-order valence-electron chi connectivity index (χ4n) is 3.74. The molecule has 2 unspecified atom stereocenters. The molecule has 3 aromatic rings. The quantitative estimate of drug-likeness (QED) is 0.480. The van der Waals surface area contributed by atoms with Crippen LogP contribution < -0.4 is 5.32 Å². The number of methoxy groups -OCH3 is 1. The number of imidazole rings is 1. The molecule has 0 amide bonds. The van der Waals surface area contributed by atoms with E-state index < -0.39 is 11.7 Å². The average Bonchev–Trinajstić information content (AvgIpc) is 3.18. The van der Waals surface area contributed by atoms with E-state index in [1.165, 1.54) is 12.1 Å². The number of rotatable bonds is 4. The fourth-order valence-corrected chi connectivity index (χ4v) is 4.32. The minimum absolute atomic E-state index is 0.00968. The van der Waals surface area contributed by atoms with Crippen LogP contribution in [0.4, 0.5) is 19.0 Å². The van der Waals surface area contributed by atoms with Crippen LogP contribution >= 0.6 is 15.9 Å². The number of aromatic nitrogens is 3. The number of nitrogens with one attached hydrogen (secondary N) is 1. The molecule has 0 radical (unpaired) electrons. The Morgan fingerprint density at radius 3 is 2.77 bits per heavy atom. The lowest BCUT2D eigenvalue weighted by molar-refractivity contribution is -0.137. The third-order valence-electron chi connectivity index (χ3n) is 5.38. The van der Waals surface area contributed by atoms with Gasteiger partial charge in [-0.15, -0.1) is 0 Å². The fraction of sp³-hybridized carbons (Fsp3) is 0.333. The molecule has 0 saturated heterocycles. The van der Waals surface area contributed by atoms with Gasteiger partial charge in [0, 0.05) is 23.6 Å². The Hall–Kier alpha value is -2.55. The first-order valence-corrected chi connectivity index (χ1v) is 10.3. The highest BCUT2D eigenvalue weighted by atomic mass is 79.9. The summed E-state index contributed by atoms with van der Waals surface area (Å²) in [7, 11) is 1.62. The summed E-state index contributed by atoms with van der Waals surface area (Å²) in [6.07, 6.45) is 0.881. The van der Waals surface area contributed by atoms with Crippen molar-refractivity contribution >= 4 is 33.5 Å². The number of allylic oxidation sites excluding steroid dienone is 1. The van der Waals surface area contributed by atoms with Gasteiger partial charge in [-0.05, 0) is 24.6 Å². The highest BCUT2D eigenvalue weighted by Crippen LogP contribution is 2.42. The predicted molar refractivity (Wildman–Crippen MR) is 113 cm³/mol. The summed E-state index contributed by atoms with van der Waals surface area (Å²) in [6, 6.07) is 4.95. The van der Waals surface area contributed by atoms with E-state index >= 15 is 0 Å². The summed E-state index contributed by atoms with van der Waals surface area (Å²) >= 11 is 3.68. The minimum atomic E-state index is -4.39. The SMILES string of the molecule is COC1=Cc2c(c(N[C@H](C)c3cccc(C(F)(F)F)c3)nc3cncn23)C(C)C1Br. The average molecular weight is 481 g/mol. The summed E-state index contributed by atoms with van der Waals surface area (Å²) in [5, 5.41) is 3.32. The number of fused-ring (bicyclic) bond motifs is 3. The number of nitrogens with zero attached hydrogens (tertiary/aromatic N) is 3. The van der Waals surface area contributed by atoms with Crippen molar-refractivity contribution in [1.82, 2.24) is 14.4 Å². The van der Waals surface area contributed by atoms with Crippen molar-refractivity contribution in [1.29, 1.82) is 0 Å².